The lowest BCUT2D eigenvalue weighted by Gasteiger charge is -2.45. The number of nitrogens with one attached hydrogen (secondary N) is 2. The van der Waals surface area contributed by atoms with Crippen molar-refractivity contribution in [3.63, 3.8) is 0 Å². The summed E-state index contributed by atoms with van der Waals surface area (Å²) in [6, 6.07) is 8.58. The SMILES string of the molecule is COc1ccc2c(O[C@@H]3C[C@H]4C(=O)N[C@]5(C(=O)NS(=O)(=O)C6CC6)C[C@H]5/C=C\CC[C@H](C)C[C@@H](C)[C@H](N(C(=O)O)C(C)(C)C(F)(F)F)C(=O)N4C3)nc(-c3ccc(OC(C)C)cc3)nc2c1. The van der Waals surface area contributed by atoms with Gasteiger partial charge in [0, 0.05) is 24.0 Å². The minimum atomic E-state index is -5.12. The molecule has 2 aromatic carbocycles. The number of sulfonamides is 1. The Morgan fingerprint density at radius 1 is 1.02 bits per heavy atom. The first-order valence-corrected chi connectivity index (χ1v) is 23.7. The minimum absolute atomic E-state index is 0.0351. The molecule has 1 aromatic heterocycles. The molecule has 2 saturated carbocycles. The van der Waals surface area contributed by atoms with Crippen LogP contribution in [0.1, 0.15) is 86.5 Å². The van der Waals surface area contributed by atoms with Gasteiger partial charge in [0.2, 0.25) is 27.7 Å². The highest BCUT2D eigenvalue weighted by Gasteiger charge is 2.63. The van der Waals surface area contributed by atoms with E-state index >= 15 is 4.79 Å². The molecule has 3 heterocycles. The zero-order valence-electron chi connectivity index (χ0n) is 37.9. The van der Waals surface area contributed by atoms with Crippen LogP contribution in [-0.4, -0.2) is 118 Å². The van der Waals surface area contributed by atoms with E-state index in [1.165, 1.54) is 14.0 Å². The Kier molecular flexibility index (Phi) is 13.3. The molecule has 2 aliphatic heterocycles. The normalized spacial score (nSPS) is 26.9. The van der Waals surface area contributed by atoms with Crippen molar-refractivity contribution in [2.75, 3.05) is 13.7 Å². The number of amides is 4. The lowest BCUT2D eigenvalue weighted by molar-refractivity contribution is -0.222. The second kappa shape index (κ2) is 18.2. The molecule has 358 valence electrons. The van der Waals surface area contributed by atoms with Crippen LogP contribution < -0.4 is 24.2 Å². The van der Waals surface area contributed by atoms with Crippen molar-refractivity contribution in [1.29, 1.82) is 0 Å². The maximum atomic E-state index is 15.2. The highest BCUT2D eigenvalue weighted by Crippen LogP contribution is 2.47. The lowest BCUT2D eigenvalue weighted by atomic mass is 9.85. The van der Waals surface area contributed by atoms with E-state index in [0.29, 0.717) is 67.5 Å². The summed E-state index contributed by atoms with van der Waals surface area (Å²) in [6.45, 7) is 8.13. The zero-order chi connectivity index (χ0) is 48.1. The van der Waals surface area contributed by atoms with E-state index in [9.17, 15) is 41.1 Å². The molecule has 7 atom stereocenters. The third kappa shape index (κ3) is 9.88. The van der Waals surface area contributed by atoms with Crippen LogP contribution in [0.25, 0.3) is 22.3 Å². The maximum Gasteiger partial charge on any atom is 0.411 e. The third-order valence-electron chi connectivity index (χ3n) is 13.0. The van der Waals surface area contributed by atoms with Gasteiger partial charge in [0.1, 0.15) is 40.8 Å². The summed E-state index contributed by atoms with van der Waals surface area (Å²) in [5.74, 6) is -3.38. The monoisotopic (exact) mass is 942 g/mol. The summed E-state index contributed by atoms with van der Waals surface area (Å²) < 4.78 is 90.6. The molecule has 2 aliphatic carbocycles. The van der Waals surface area contributed by atoms with E-state index in [1.54, 1.807) is 54.6 Å². The number of allylic oxidation sites excluding steroid dienone is 1. The van der Waals surface area contributed by atoms with Crippen molar-refractivity contribution in [3.05, 3.63) is 54.6 Å². The number of nitrogens with zero attached hydrogens (tertiary/aromatic N) is 4. The molecule has 66 heavy (non-hydrogen) atoms. The Bertz CT molecular complexity index is 2500. The van der Waals surface area contributed by atoms with E-state index in [1.807, 2.05) is 20.8 Å². The van der Waals surface area contributed by atoms with Crippen molar-refractivity contribution in [2.45, 2.75) is 133 Å². The van der Waals surface area contributed by atoms with Crippen molar-refractivity contribution in [1.82, 2.24) is 29.8 Å². The Labute approximate surface area is 381 Å². The molecule has 0 bridgehead atoms. The zero-order valence-corrected chi connectivity index (χ0v) is 38.7. The fourth-order valence-electron chi connectivity index (χ4n) is 9.02. The Morgan fingerprint density at radius 3 is 2.32 bits per heavy atom. The second-order valence-electron chi connectivity index (χ2n) is 18.8. The number of fused-ring (bicyclic) bond motifs is 3. The van der Waals surface area contributed by atoms with Crippen molar-refractivity contribution in [2.24, 2.45) is 17.8 Å². The minimum Gasteiger partial charge on any atom is -0.497 e. The van der Waals surface area contributed by atoms with E-state index in [2.05, 4.69) is 10.0 Å². The van der Waals surface area contributed by atoms with Gasteiger partial charge in [0.15, 0.2) is 5.82 Å². The summed E-state index contributed by atoms with van der Waals surface area (Å²) in [4.78, 5) is 67.7. The molecule has 0 spiro atoms. The first kappa shape index (κ1) is 48.3. The van der Waals surface area contributed by atoms with Gasteiger partial charge in [-0.1, -0.05) is 26.0 Å². The highest BCUT2D eigenvalue weighted by molar-refractivity contribution is 7.91. The topological polar surface area (TPSA) is 207 Å². The number of hydrogen-bond acceptors (Lipinski definition) is 11. The summed E-state index contributed by atoms with van der Waals surface area (Å²) in [6.07, 6.45) is -3.13. The van der Waals surface area contributed by atoms with Crippen molar-refractivity contribution >= 4 is 44.7 Å². The number of halogens is 3. The van der Waals surface area contributed by atoms with E-state index in [0.717, 1.165) is 4.90 Å². The average Bonchev–Trinajstić information content (AvgIpc) is 4.17. The maximum absolute atomic E-state index is 15.2. The van der Waals surface area contributed by atoms with E-state index < -0.39 is 92.9 Å². The number of rotatable bonds is 11. The van der Waals surface area contributed by atoms with Gasteiger partial charge in [0.05, 0.1) is 35.9 Å². The predicted octanol–water partition coefficient (Wildman–Crippen LogP) is 6.63. The molecule has 0 radical (unpaired) electrons. The number of methoxy groups -OCH3 is 1. The number of carboxylic acid groups (broad SMARTS) is 1. The third-order valence-corrected chi connectivity index (χ3v) is 14.8. The van der Waals surface area contributed by atoms with Crippen LogP contribution in [-0.2, 0) is 24.4 Å². The van der Waals surface area contributed by atoms with Gasteiger partial charge in [-0.25, -0.2) is 18.2 Å². The first-order valence-electron chi connectivity index (χ1n) is 22.2. The van der Waals surface area contributed by atoms with Crippen molar-refractivity contribution < 1.29 is 60.1 Å². The number of carbonyl (C=O) groups excluding carboxylic acids is 3. The van der Waals surface area contributed by atoms with Gasteiger partial charge in [-0.3, -0.25) is 24.0 Å². The number of alkyl halides is 3. The van der Waals surface area contributed by atoms with Crippen LogP contribution in [0.3, 0.4) is 0 Å². The molecule has 0 unspecified atom stereocenters. The highest BCUT2D eigenvalue weighted by atomic mass is 32.2. The summed E-state index contributed by atoms with van der Waals surface area (Å²) in [5, 5.41) is 13.0. The molecule has 7 rings (SSSR count). The largest absolute Gasteiger partial charge is 0.497 e. The first-order chi connectivity index (χ1) is 30.9. The van der Waals surface area contributed by atoms with Crippen molar-refractivity contribution in [3.8, 4) is 28.8 Å². The molecule has 20 heteroatoms. The molecular weight excluding hydrogens is 886 g/mol. The summed E-state index contributed by atoms with van der Waals surface area (Å²) in [5.41, 5.74) is -3.81. The molecule has 3 fully saturated rings. The van der Waals surface area contributed by atoms with Gasteiger partial charge in [-0.05, 0) is 114 Å². The van der Waals surface area contributed by atoms with Gasteiger partial charge < -0.3 is 29.5 Å². The van der Waals surface area contributed by atoms with E-state index in [-0.39, 0.29) is 47.9 Å². The van der Waals surface area contributed by atoms with Gasteiger partial charge >= 0.3 is 12.3 Å². The average molecular weight is 943 g/mol. The summed E-state index contributed by atoms with van der Waals surface area (Å²) >= 11 is 0. The number of aromatic nitrogens is 2. The number of hydrogen-bond donors (Lipinski definition) is 3. The molecule has 4 amide bonds. The smallest absolute Gasteiger partial charge is 0.411 e. The van der Waals surface area contributed by atoms with E-state index in [4.69, 9.17) is 24.2 Å². The van der Waals surface area contributed by atoms with Crippen LogP contribution in [0.2, 0.25) is 0 Å². The number of benzene rings is 2. The quantitative estimate of drug-likeness (QED) is 0.173. The van der Waals surface area contributed by atoms with Gasteiger partial charge in [0.25, 0.3) is 5.91 Å². The van der Waals surface area contributed by atoms with Gasteiger partial charge in [-0.2, -0.15) is 18.2 Å². The molecule has 3 aromatic rings. The van der Waals surface area contributed by atoms with Crippen LogP contribution >= 0.6 is 0 Å². The van der Waals surface area contributed by atoms with Crippen LogP contribution in [0.4, 0.5) is 18.0 Å². The molecule has 16 nitrogen and oxygen atoms in total. The number of ether oxygens (including phenoxy) is 3. The van der Waals surface area contributed by atoms with Gasteiger partial charge in [-0.15, -0.1) is 0 Å². The molecule has 3 N–H and O–H groups in total. The second-order valence-corrected chi connectivity index (χ2v) is 20.8. The van der Waals surface area contributed by atoms with Crippen LogP contribution in [0.5, 0.6) is 17.4 Å². The Morgan fingerprint density at radius 2 is 1.70 bits per heavy atom. The molecule has 4 aliphatic rings. The van der Waals surface area contributed by atoms with Crippen LogP contribution in [0, 0.1) is 17.8 Å². The number of carbonyl (C=O) groups is 4. The molecule has 1 saturated heterocycles. The molecular formula is C46H57F3N6O10S. The Balaban J connectivity index is 1.31. The standard InChI is InChI=1S/C46H57F3N6O10S/c1-25(2)64-30-14-12-28(13-15-30)38-50-35-21-31(63-7)16-19-34(35)40(51-38)65-32-22-36-39(56)52-45(42(58)53-66(61,62)33-17-18-33)23-29(45)11-9-8-10-26(3)20-27(4)37(41(57)54(36)24-32)55(43(59)60)44(5,6)46(47,48)49/h9,11-16,19,21,25-27,29,32-33,36-37H,8,10,17-18,20,22-24H2,1-7H3,(H,52,56)(H,53,58)(H,59,60)/b11-9-/t26-,27+,29+,32+,36-,37-,45+/m0/s1. The fraction of sp³-hybridized carbons (Fsp3) is 0.565. The predicted molar refractivity (Wildman–Crippen MR) is 236 cm³/mol. The lowest BCUT2D eigenvalue weighted by Crippen LogP contribution is -2.66. The fourth-order valence-corrected chi connectivity index (χ4v) is 10.4. The summed E-state index contributed by atoms with van der Waals surface area (Å²) in [7, 11) is -2.56. The Hall–Kier alpha value is -5.66. The van der Waals surface area contributed by atoms with Crippen LogP contribution in [0.15, 0.2) is 54.6 Å².